The van der Waals surface area contributed by atoms with Gasteiger partial charge in [-0.1, -0.05) is 121 Å². The van der Waals surface area contributed by atoms with Crippen molar-refractivity contribution in [2.24, 2.45) is 0 Å². The van der Waals surface area contributed by atoms with Crippen molar-refractivity contribution in [2.45, 2.75) is 0 Å². The van der Waals surface area contributed by atoms with Gasteiger partial charge >= 0.3 is 0 Å². The van der Waals surface area contributed by atoms with E-state index < -0.39 is 0 Å². The van der Waals surface area contributed by atoms with Crippen LogP contribution in [0.1, 0.15) is 0 Å². The predicted molar refractivity (Wildman–Crippen MR) is 240 cm³/mol. The molecule has 0 saturated heterocycles. The van der Waals surface area contributed by atoms with Crippen LogP contribution in [0.5, 0.6) is 0 Å². The fourth-order valence-electron chi connectivity index (χ4n) is 9.06. The van der Waals surface area contributed by atoms with Crippen LogP contribution in [0.4, 0.5) is 0 Å². The molecule has 13 aromatic rings. The molecule has 4 aromatic heterocycles. The van der Waals surface area contributed by atoms with Gasteiger partial charge in [0.1, 0.15) is 22.3 Å². The predicted octanol–water partition coefficient (Wildman–Crippen LogP) is 14.1. The van der Waals surface area contributed by atoms with Gasteiger partial charge in [-0.2, -0.15) is 0 Å². The Labute approximate surface area is 336 Å². The first-order valence-electron chi connectivity index (χ1n) is 19.8. The third-order valence-electron chi connectivity index (χ3n) is 11.8. The molecule has 0 N–H and O–H groups in total. The summed E-state index contributed by atoms with van der Waals surface area (Å²) in [6.07, 6.45) is 0. The topological polar surface area (TPSA) is 69.9 Å². The summed E-state index contributed by atoms with van der Waals surface area (Å²) in [7, 11) is 0. The Hall–Kier alpha value is -8.09. The van der Waals surface area contributed by atoms with Crippen molar-refractivity contribution in [3.63, 3.8) is 0 Å². The maximum atomic E-state index is 7.03. The van der Waals surface area contributed by atoms with E-state index in [1.165, 1.54) is 21.5 Å². The highest BCUT2D eigenvalue weighted by Gasteiger charge is 2.22. The summed E-state index contributed by atoms with van der Waals surface area (Å²) in [5.74, 6) is 1.66. The van der Waals surface area contributed by atoms with Gasteiger partial charge in [0.2, 0.25) is 0 Å². The van der Waals surface area contributed by atoms with Crippen LogP contribution >= 0.6 is 0 Å². The number of nitrogens with zero attached hydrogens (tertiary/aromatic N) is 4. The van der Waals surface area contributed by atoms with Crippen molar-refractivity contribution in [1.82, 2.24) is 19.5 Å². The first-order chi connectivity index (χ1) is 29.2. The molecule has 13 rings (SSSR count). The number of fused-ring (bicyclic) bond motifs is 12. The third-order valence-corrected chi connectivity index (χ3v) is 11.8. The van der Waals surface area contributed by atoms with Crippen LogP contribution in [0.25, 0.3) is 127 Å². The van der Waals surface area contributed by atoms with Crippen LogP contribution in [0.3, 0.4) is 0 Å². The van der Waals surface area contributed by atoms with E-state index in [4.69, 9.17) is 23.8 Å². The second-order valence-corrected chi connectivity index (χ2v) is 15.2. The van der Waals surface area contributed by atoms with Crippen LogP contribution in [0, 0.1) is 0 Å². The molecule has 0 unspecified atom stereocenters. The number of hydrogen-bond acceptors (Lipinski definition) is 5. The first kappa shape index (κ1) is 32.0. The summed E-state index contributed by atoms with van der Waals surface area (Å²) in [6, 6.07) is 63.3. The molecule has 6 nitrogen and oxygen atoms in total. The van der Waals surface area contributed by atoms with Gasteiger partial charge in [-0.15, -0.1) is 0 Å². The highest BCUT2D eigenvalue weighted by molar-refractivity contribution is 6.22. The van der Waals surface area contributed by atoms with Gasteiger partial charge in [-0.3, -0.25) is 0 Å². The molecule has 274 valence electrons. The molecule has 9 aromatic carbocycles. The van der Waals surface area contributed by atoms with E-state index in [0.29, 0.717) is 17.5 Å². The molecule has 59 heavy (non-hydrogen) atoms. The van der Waals surface area contributed by atoms with Gasteiger partial charge in [0.25, 0.3) is 0 Å². The minimum atomic E-state index is 0.530. The summed E-state index contributed by atoms with van der Waals surface area (Å²) < 4.78 is 15.7. The molecule has 0 aliphatic rings. The zero-order chi connectivity index (χ0) is 38.6. The molecule has 0 saturated carbocycles. The number of benzene rings is 9. The lowest BCUT2D eigenvalue weighted by Gasteiger charge is -2.10. The number of aromatic nitrogens is 4. The van der Waals surface area contributed by atoms with Gasteiger partial charge in [0.05, 0.1) is 16.6 Å². The molecule has 0 bridgehead atoms. The fraction of sp³-hybridized carbons (Fsp3) is 0. The van der Waals surface area contributed by atoms with E-state index in [9.17, 15) is 0 Å². The highest BCUT2D eigenvalue weighted by atomic mass is 16.3. The van der Waals surface area contributed by atoms with Gasteiger partial charge in [0, 0.05) is 55.2 Å². The van der Waals surface area contributed by atoms with Crippen molar-refractivity contribution >= 4 is 87.2 Å². The molecule has 6 heteroatoms. The van der Waals surface area contributed by atoms with Crippen molar-refractivity contribution in [2.75, 3.05) is 0 Å². The lowest BCUT2D eigenvalue weighted by atomic mass is 9.99. The molecule has 0 amide bonds. The van der Waals surface area contributed by atoms with Gasteiger partial charge < -0.3 is 13.4 Å². The molecular weight excluding hydrogens is 725 g/mol. The average Bonchev–Trinajstić information content (AvgIpc) is 3.97. The minimum Gasteiger partial charge on any atom is -0.456 e. The van der Waals surface area contributed by atoms with Crippen molar-refractivity contribution < 1.29 is 8.83 Å². The van der Waals surface area contributed by atoms with Crippen molar-refractivity contribution in [1.29, 1.82) is 0 Å². The van der Waals surface area contributed by atoms with Crippen LogP contribution in [0.15, 0.2) is 191 Å². The molecule has 0 atom stereocenters. The first-order valence-corrected chi connectivity index (χ1v) is 19.8. The number of furan rings is 2. The number of rotatable bonds is 4. The molecule has 0 radical (unpaired) electrons. The maximum Gasteiger partial charge on any atom is 0.167 e. The Kier molecular flexibility index (Phi) is 6.63. The Bertz CT molecular complexity index is 3860. The average molecular weight is 755 g/mol. The largest absolute Gasteiger partial charge is 0.456 e. The van der Waals surface area contributed by atoms with E-state index in [2.05, 4.69) is 132 Å². The van der Waals surface area contributed by atoms with E-state index in [-0.39, 0.29) is 0 Å². The lowest BCUT2D eigenvalue weighted by Crippen LogP contribution is -2.00. The van der Waals surface area contributed by atoms with Crippen LogP contribution in [0.2, 0.25) is 0 Å². The summed E-state index contributed by atoms with van der Waals surface area (Å²) in [5.41, 5.74) is 9.00. The van der Waals surface area contributed by atoms with E-state index in [0.717, 1.165) is 88.1 Å². The number of para-hydroxylation sites is 2. The molecule has 0 aliphatic carbocycles. The van der Waals surface area contributed by atoms with E-state index in [1.54, 1.807) is 0 Å². The van der Waals surface area contributed by atoms with Crippen LogP contribution in [-0.4, -0.2) is 19.5 Å². The van der Waals surface area contributed by atoms with Crippen LogP contribution < -0.4 is 0 Å². The van der Waals surface area contributed by atoms with Crippen LogP contribution in [-0.2, 0) is 0 Å². The Morgan fingerprint density at radius 3 is 1.86 bits per heavy atom. The van der Waals surface area contributed by atoms with Gasteiger partial charge in [0.15, 0.2) is 17.5 Å². The molecular formula is C53H30N4O2. The normalized spacial score (nSPS) is 12.1. The fourth-order valence-corrected chi connectivity index (χ4v) is 9.06. The Balaban J connectivity index is 1.05. The highest BCUT2D eigenvalue weighted by Crippen LogP contribution is 2.43. The second kappa shape index (κ2) is 12.2. The van der Waals surface area contributed by atoms with E-state index in [1.807, 2.05) is 54.6 Å². The van der Waals surface area contributed by atoms with Gasteiger partial charge in [-0.05, 0) is 76.1 Å². The zero-order valence-corrected chi connectivity index (χ0v) is 31.4. The Morgan fingerprint density at radius 1 is 0.356 bits per heavy atom. The Morgan fingerprint density at radius 2 is 1.00 bits per heavy atom. The molecule has 4 heterocycles. The smallest absolute Gasteiger partial charge is 0.167 e. The third kappa shape index (κ3) is 4.84. The van der Waals surface area contributed by atoms with E-state index >= 15 is 0 Å². The standard InChI is InChI=1S/C53H30N4O2/c1-2-12-31(13-3-1)51-54-52(35-22-24-40-39-19-9-11-21-46(39)58-47(40)29-35)56-53(55-51)43-27-34-16-6-7-17-37(34)49-41-25-23-36(30-48(41)59-50(43)49)57-44-20-10-8-18-38(44)42-26-32-14-4-5-15-33(32)28-45(42)57/h1-30H. The monoisotopic (exact) mass is 754 g/mol. The summed E-state index contributed by atoms with van der Waals surface area (Å²) >= 11 is 0. The maximum absolute atomic E-state index is 7.03. The van der Waals surface area contributed by atoms with Gasteiger partial charge in [-0.25, -0.2) is 15.0 Å². The molecule has 0 fully saturated rings. The quantitative estimate of drug-likeness (QED) is 0.179. The summed E-state index contributed by atoms with van der Waals surface area (Å²) in [5, 5.41) is 11.2. The van der Waals surface area contributed by atoms with Crippen molar-refractivity contribution in [3.8, 4) is 39.9 Å². The number of hydrogen-bond donors (Lipinski definition) is 0. The molecule has 0 aliphatic heterocycles. The summed E-state index contributed by atoms with van der Waals surface area (Å²) in [6.45, 7) is 0. The molecule has 0 spiro atoms. The minimum absolute atomic E-state index is 0.530. The second-order valence-electron chi connectivity index (χ2n) is 15.2. The lowest BCUT2D eigenvalue weighted by molar-refractivity contribution is 0.668. The summed E-state index contributed by atoms with van der Waals surface area (Å²) in [4.78, 5) is 15.4. The zero-order valence-electron chi connectivity index (χ0n) is 31.4. The van der Waals surface area contributed by atoms with Crippen molar-refractivity contribution in [3.05, 3.63) is 182 Å². The SMILES string of the molecule is c1ccc(-c2nc(-c3ccc4c(c3)oc3ccccc34)nc(-c3cc4ccccc4c4c3oc3cc(-n5c6ccccc6c6cc7ccccc7cc65)ccc34)n2)cc1.